The van der Waals surface area contributed by atoms with Gasteiger partial charge in [0.25, 0.3) is 0 Å². The minimum absolute atomic E-state index is 0.0289. The van der Waals surface area contributed by atoms with Gasteiger partial charge in [0.05, 0.1) is 18.4 Å². The molecule has 0 bridgehead atoms. The van der Waals surface area contributed by atoms with Crippen LogP contribution < -0.4 is 10.1 Å². The van der Waals surface area contributed by atoms with Crippen molar-refractivity contribution in [3.05, 3.63) is 35.0 Å². The summed E-state index contributed by atoms with van der Waals surface area (Å²) in [5.74, 6) is -0.730. The van der Waals surface area contributed by atoms with Crippen LogP contribution in [0.1, 0.15) is 31.7 Å². The number of aromatic hydroxyl groups is 1. The molecule has 3 rings (SSSR count). The molecule has 6 heteroatoms. The first-order chi connectivity index (χ1) is 10.3. The van der Waals surface area contributed by atoms with Crippen molar-refractivity contribution in [3.8, 4) is 11.5 Å². The minimum Gasteiger partial charge on any atom is -0.504 e. The van der Waals surface area contributed by atoms with Crippen LogP contribution in [0.25, 0.3) is 0 Å². The first kappa shape index (κ1) is 14.4. The van der Waals surface area contributed by atoms with E-state index in [0.29, 0.717) is 22.6 Å². The Morgan fingerprint density at radius 3 is 2.73 bits per heavy atom. The van der Waals surface area contributed by atoms with Crippen LogP contribution in [0.15, 0.2) is 29.5 Å². The van der Waals surface area contributed by atoms with Crippen molar-refractivity contribution in [1.82, 2.24) is 5.32 Å². The van der Waals surface area contributed by atoms with E-state index < -0.39 is 17.5 Å². The summed E-state index contributed by atoms with van der Waals surface area (Å²) in [6.07, 6.45) is 0.135. The Balaban J connectivity index is 2.10. The van der Waals surface area contributed by atoms with Gasteiger partial charge in [-0.1, -0.05) is 6.07 Å². The molecule has 0 spiro atoms. The van der Waals surface area contributed by atoms with Crippen LogP contribution >= 0.6 is 0 Å². The van der Waals surface area contributed by atoms with Crippen molar-refractivity contribution in [1.29, 1.82) is 0 Å². The number of carbonyl (C=O) groups is 2. The van der Waals surface area contributed by atoms with E-state index in [1.807, 2.05) is 0 Å². The smallest absolute Gasteiger partial charge is 0.337 e. The lowest BCUT2D eigenvalue weighted by Crippen LogP contribution is -2.38. The molecule has 6 nitrogen and oxygen atoms in total. The molecule has 1 amide bonds. The highest BCUT2D eigenvalue weighted by molar-refractivity contribution is 5.99. The van der Waals surface area contributed by atoms with Gasteiger partial charge in [0.1, 0.15) is 5.60 Å². The van der Waals surface area contributed by atoms with Crippen LogP contribution in [0.2, 0.25) is 0 Å². The Labute approximate surface area is 127 Å². The zero-order valence-electron chi connectivity index (χ0n) is 12.6. The van der Waals surface area contributed by atoms with E-state index >= 15 is 0 Å². The summed E-state index contributed by atoms with van der Waals surface area (Å²) in [6, 6.07) is 4.87. The van der Waals surface area contributed by atoms with Crippen LogP contribution in [0.5, 0.6) is 11.5 Å². The maximum absolute atomic E-state index is 12.2. The molecule has 1 atom stereocenters. The molecule has 2 heterocycles. The molecule has 1 aromatic carbocycles. The predicted molar refractivity (Wildman–Crippen MR) is 77.4 cm³/mol. The number of esters is 1. The van der Waals surface area contributed by atoms with Crippen molar-refractivity contribution in [2.75, 3.05) is 7.11 Å². The Morgan fingerprint density at radius 1 is 1.36 bits per heavy atom. The molecular weight excluding hydrogens is 286 g/mol. The molecule has 2 N–H and O–H groups in total. The lowest BCUT2D eigenvalue weighted by atomic mass is 9.83. The monoisotopic (exact) mass is 303 g/mol. The van der Waals surface area contributed by atoms with Gasteiger partial charge in [-0.25, -0.2) is 4.79 Å². The second-order valence-corrected chi connectivity index (χ2v) is 5.92. The number of amides is 1. The number of hydrogen-bond donors (Lipinski definition) is 2. The molecule has 0 saturated heterocycles. The first-order valence-corrected chi connectivity index (χ1v) is 6.98. The zero-order chi connectivity index (χ0) is 16.1. The summed E-state index contributed by atoms with van der Waals surface area (Å²) in [6.45, 7) is 3.47. The average Bonchev–Trinajstić information content (AvgIpc) is 2.67. The van der Waals surface area contributed by atoms with E-state index in [2.05, 4.69) is 5.32 Å². The third kappa shape index (κ3) is 2.11. The molecule has 22 heavy (non-hydrogen) atoms. The quantitative estimate of drug-likeness (QED) is 0.811. The Morgan fingerprint density at radius 2 is 2.09 bits per heavy atom. The Kier molecular flexibility index (Phi) is 3.12. The van der Waals surface area contributed by atoms with Gasteiger partial charge in [-0.05, 0) is 31.5 Å². The summed E-state index contributed by atoms with van der Waals surface area (Å²) in [4.78, 5) is 24.2. The number of carbonyl (C=O) groups excluding carboxylic acids is 2. The number of phenols is 1. The van der Waals surface area contributed by atoms with Gasteiger partial charge in [-0.15, -0.1) is 0 Å². The second-order valence-electron chi connectivity index (χ2n) is 5.92. The normalized spacial score (nSPS) is 23.0. The summed E-state index contributed by atoms with van der Waals surface area (Å²) in [5.41, 5.74) is 0.786. The maximum atomic E-state index is 12.2. The summed E-state index contributed by atoms with van der Waals surface area (Å²) in [7, 11) is 1.46. The fraction of sp³-hybridized carbons (Fsp3) is 0.375. The van der Waals surface area contributed by atoms with Gasteiger partial charge >= 0.3 is 5.97 Å². The van der Waals surface area contributed by atoms with Crippen LogP contribution in [-0.2, 0) is 14.3 Å². The van der Waals surface area contributed by atoms with E-state index in [1.165, 1.54) is 13.2 Å². The molecule has 2 aliphatic heterocycles. The summed E-state index contributed by atoms with van der Waals surface area (Å²) >= 11 is 0. The highest BCUT2D eigenvalue weighted by atomic mass is 16.6. The molecule has 116 valence electrons. The second kappa shape index (κ2) is 4.76. The first-order valence-electron chi connectivity index (χ1n) is 6.98. The van der Waals surface area contributed by atoms with Crippen molar-refractivity contribution in [2.24, 2.45) is 0 Å². The van der Waals surface area contributed by atoms with E-state index in [4.69, 9.17) is 9.47 Å². The molecule has 0 unspecified atom stereocenters. The van der Waals surface area contributed by atoms with Crippen molar-refractivity contribution >= 4 is 11.9 Å². The minimum atomic E-state index is -0.852. The molecule has 0 aliphatic carbocycles. The molecular formula is C16H17NO5. The van der Waals surface area contributed by atoms with Crippen molar-refractivity contribution in [2.45, 2.75) is 31.8 Å². The predicted octanol–water partition coefficient (Wildman–Crippen LogP) is 1.59. The standard InChI is InChI=1S/C16H17NO5/c1-16(2)14-13(15(20)22-16)9(7-12(19)17-14)8-4-5-11(21-3)10(18)6-8/h4-6,9,18H,7H2,1-3H3,(H,17,19)/t9-/m1/s1. The third-order valence-corrected chi connectivity index (χ3v) is 4.05. The number of methoxy groups -OCH3 is 1. The van der Waals surface area contributed by atoms with Crippen LogP contribution in [0, 0.1) is 0 Å². The summed E-state index contributed by atoms with van der Waals surface area (Å²) < 4.78 is 10.4. The van der Waals surface area contributed by atoms with Gasteiger partial charge in [0, 0.05) is 12.3 Å². The number of phenolic OH excluding ortho intramolecular Hbond substituents is 1. The van der Waals surface area contributed by atoms with Gasteiger partial charge in [0.15, 0.2) is 11.5 Å². The van der Waals surface area contributed by atoms with Crippen LogP contribution in [0.4, 0.5) is 0 Å². The van der Waals surface area contributed by atoms with Crippen molar-refractivity contribution < 1.29 is 24.2 Å². The van der Waals surface area contributed by atoms with Gasteiger partial charge in [-0.2, -0.15) is 0 Å². The summed E-state index contributed by atoms with van der Waals surface area (Å²) in [5, 5.41) is 12.7. The number of benzene rings is 1. The topological polar surface area (TPSA) is 84.9 Å². The lowest BCUT2D eigenvalue weighted by molar-refractivity contribution is -0.144. The zero-order valence-corrected chi connectivity index (χ0v) is 12.6. The number of rotatable bonds is 2. The number of ether oxygens (including phenoxy) is 2. The molecule has 0 saturated carbocycles. The SMILES string of the molecule is COc1ccc([C@H]2CC(=O)NC3=C2C(=O)OC3(C)C)cc1O. The third-order valence-electron chi connectivity index (χ3n) is 4.05. The van der Waals surface area contributed by atoms with E-state index in [0.717, 1.165) is 0 Å². The maximum Gasteiger partial charge on any atom is 0.337 e. The highest BCUT2D eigenvalue weighted by Gasteiger charge is 2.47. The van der Waals surface area contributed by atoms with Gasteiger partial charge in [-0.3, -0.25) is 4.79 Å². The molecule has 0 fully saturated rings. The number of cyclic esters (lactones) is 1. The number of hydrogen-bond acceptors (Lipinski definition) is 5. The fourth-order valence-corrected chi connectivity index (χ4v) is 2.98. The van der Waals surface area contributed by atoms with Crippen LogP contribution in [0.3, 0.4) is 0 Å². The molecule has 2 aliphatic rings. The lowest BCUT2D eigenvalue weighted by Gasteiger charge is -2.27. The molecule has 1 aromatic rings. The number of nitrogens with one attached hydrogen (secondary N) is 1. The largest absolute Gasteiger partial charge is 0.504 e. The van der Waals surface area contributed by atoms with E-state index in [1.54, 1.807) is 26.0 Å². The van der Waals surface area contributed by atoms with E-state index in [-0.39, 0.29) is 18.1 Å². The van der Waals surface area contributed by atoms with Crippen LogP contribution in [-0.4, -0.2) is 29.7 Å². The fourth-order valence-electron chi connectivity index (χ4n) is 2.98. The van der Waals surface area contributed by atoms with Gasteiger partial charge < -0.3 is 19.9 Å². The van der Waals surface area contributed by atoms with Crippen molar-refractivity contribution in [3.63, 3.8) is 0 Å². The Bertz CT molecular complexity index is 704. The highest BCUT2D eigenvalue weighted by Crippen LogP contribution is 2.43. The van der Waals surface area contributed by atoms with Gasteiger partial charge in [0.2, 0.25) is 5.91 Å². The van der Waals surface area contributed by atoms with E-state index in [9.17, 15) is 14.7 Å². The molecule has 0 radical (unpaired) electrons. The average molecular weight is 303 g/mol. The Hall–Kier alpha value is -2.50. The molecule has 0 aromatic heterocycles.